The van der Waals surface area contributed by atoms with Crippen molar-refractivity contribution in [3.05, 3.63) is 41.8 Å². The van der Waals surface area contributed by atoms with Crippen LogP contribution in [0.15, 0.2) is 34.7 Å². The van der Waals surface area contributed by atoms with Crippen LogP contribution >= 0.6 is 0 Å². The van der Waals surface area contributed by atoms with Crippen LogP contribution < -0.4 is 5.32 Å². The van der Waals surface area contributed by atoms with Crippen LogP contribution in [0.1, 0.15) is 29.1 Å². The zero-order chi connectivity index (χ0) is 16.7. The molecule has 0 saturated carbocycles. The van der Waals surface area contributed by atoms with E-state index in [0.717, 1.165) is 18.4 Å². The van der Waals surface area contributed by atoms with Crippen molar-refractivity contribution in [1.82, 2.24) is 15.2 Å². The monoisotopic (exact) mass is 325 g/mol. The number of carbonyl (C=O) groups is 2. The molecule has 2 fully saturated rings. The number of aromatic nitrogens is 1. The molecular weight excluding hydrogens is 306 g/mol. The van der Waals surface area contributed by atoms with Gasteiger partial charge in [0.15, 0.2) is 0 Å². The molecule has 2 amide bonds. The molecule has 2 aromatic rings. The van der Waals surface area contributed by atoms with Gasteiger partial charge in [0.25, 0.3) is 5.91 Å². The second kappa shape index (κ2) is 5.78. The molecule has 2 atom stereocenters. The van der Waals surface area contributed by atoms with Gasteiger partial charge >= 0.3 is 0 Å². The third-order valence-corrected chi connectivity index (χ3v) is 4.87. The van der Waals surface area contributed by atoms with E-state index in [1.165, 1.54) is 0 Å². The Morgan fingerprint density at radius 2 is 2.12 bits per heavy atom. The SMILES string of the molecule is Cc1nc(-c2ccccc2)oc1C(=O)N1CCCC2C(=O)NCC21. The zero-order valence-electron chi connectivity index (χ0n) is 13.5. The molecule has 3 heterocycles. The van der Waals surface area contributed by atoms with Gasteiger partial charge in [-0.2, -0.15) is 0 Å². The number of aryl methyl sites for hydroxylation is 1. The van der Waals surface area contributed by atoms with E-state index in [-0.39, 0.29) is 29.5 Å². The van der Waals surface area contributed by atoms with Crippen LogP contribution in [-0.4, -0.2) is 40.8 Å². The summed E-state index contributed by atoms with van der Waals surface area (Å²) in [5.41, 5.74) is 1.42. The summed E-state index contributed by atoms with van der Waals surface area (Å²) in [6.07, 6.45) is 1.67. The van der Waals surface area contributed by atoms with Gasteiger partial charge in [-0.25, -0.2) is 4.98 Å². The lowest BCUT2D eigenvalue weighted by Crippen LogP contribution is -2.48. The minimum atomic E-state index is -0.173. The van der Waals surface area contributed by atoms with Crippen LogP contribution in [0.4, 0.5) is 0 Å². The molecule has 0 spiro atoms. The van der Waals surface area contributed by atoms with Crippen molar-refractivity contribution >= 4 is 11.8 Å². The molecule has 0 bridgehead atoms. The molecule has 124 valence electrons. The number of oxazole rings is 1. The van der Waals surface area contributed by atoms with Gasteiger partial charge in [-0.15, -0.1) is 0 Å². The smallest absolute Gasteiger partial charge is 0.291 e. The third-order valence-electron chi connectivity index (χ3n) is 4.87. The standard InChI is InChI=1S/C18H19N3O3/c1-11-15(24-17(20-11)12-6-3-2-4-7-12)18(23)21-9-5-8-13-14(21)10-19-16(13)22/h2-4,6-7,13-14H,5,8-10H2,1H3,(H,19,22). The Morgan fingerprint density at radius 3 is 2.92 bits per heavy atom. The fraction of sp³-hybridized carbons (Fsp3) is 0.389. The molecule has 2 saturated heterocycles. The average molecular weight is 325 g/mol. The third kappa shape index (κ3) is 2.38. The molecule has 6 nitrogen and oxygen atoms in total. The van der Waals surface area contributed by atoms with Crippen molar-refractivity contribution in [2.75, 3.05) is 13.1 Å². The Hall–Kier alpha value is -2.63. The van der Waals surface area contributed by atoms with E-state index >= 15 is 0 Å². The van der Waals surface area contributed by atoms with Crippen molar-refractivity contribution in [3.63, 3.8) is 0 Å². The summed E-state index contributed by atoms with van der Waals surface area (Å²) in [5, 5.41) is 2.86. The van der Waals surface area contributed by atoms with E-state index in [9.17, 15) is 9.59 Å². The minimum absolute atomic E-state index is 0.0526. The number of hydrogen-bond acceptors (Lipinski definition) is 4. The number of nitrogens with one attached hydrogen (secondary N) is 1. The van der Waals surface area contributed by atoms with E-state index in [1.807, 2.05) is 30.3 Å². The first kappa shape index (κ1) is 14.9. The predicted octanol–water partition coefficient (Wildman–Crippen LogP) is 2.00. The van der Waals surface area contributed by atoms with E-state index in [0.29, 0.717) is 24.7 Å². The van der Waals surface area contributed by atoms with Crippen LogP contribution in [0.25, 0.3) is 11.5 Å². The Bertz CT molecular complexity index is 784. The van der Waals surface area contributed by atoms with E-state index in [4.69, 9.17) is 4.42 Å². The Morgan fingerprint density at radius 1 is 1.33 bits per heavy atom. The van der Waals surface area contributed by atoms with Gasteiger partial charge in [0.2, 0.25) is 17.6 Å². The van der Waals surface area contributed by atoms with Gasteiger partial charge in [-0.1, -0.05) is 18.2 Å². The largest absolute Gasteiger partial charge is 0.431 e. The molecule has 0 aliphatic carbocycles. The molecule has 2 aliphatic rings. The van der Waals surface area contributed by atoms with Crippen molar-refractivity contribution in [1.29, 1.82) is 0 Å². The van der Waals surface area contributed by atoms with Crippen molar-refractivity contribution in [2.24, 2.45) is 5.92 Å². The maximum Gasteiger partial charge on any atom is 0.291 e. The lowest BCUT2D eigenvalue weighted by Gasteiger charge is -2.35. The van der Waals surface area contributed by atoms with E-state index < -0.39 is 0 Å². The number of amides is 2. The number of benzene rings is 1. The summed E-state index contributed by atoms with van der Waals surface area (Å²) in [6, 6.07) is 9.45. The molecule has 0 radical (unpaired) electrons. The summed E-state index contributed by atoms with van der Waals surface area (Å²) in [4.78, 5) is 31.0. The topological polar surface area (TPSA) is 75.4 Å². The molecule has 6 heteroatoms. The predicted molar refractivity (Wildman–Crippen MR) is 87.2 cm³/mol. The zero-order valence-corrected chi connectivity index (χ0v) is 13.5. The van der Waals surface area contributed by atoms with Gasteiger partial charge in [0.05, 0.1) is 17.7 Å². The van der Waals surface area contributed by atoms with Crippen molar-refractivity contribution < 1.29 is 14.0 Å². The van der Waals surface area contributed by atoms with Gasteiger partial charge < -0.3 is 14.6 Å². The Balaban J connectivity index is 1.63. The number of hydrogen-bond donors (Lipinski definition) is 1. The van der Waals surface area contributed by atoms with E-state index in [1.54, 1.807) is 11.8 Å². The summed E-state index contributed by atoms with van der Waals surface area (Å²) >= 11 is 0. The molecule has 1 aromatic carbocycles. The van der Waals surface area contributed by atoms with Gasteiger partial charge in [-0.05, 0) is 31.9 Å². The highest BCUT2D eigenvalue weighted by molar-refractivity contribution is 5.94. The van der Waals surface area contributed by atoms with Crippen LogP contribution in [0.5, 0.6) is 0 Å². The molecule has 1 N–H and O–H groups in total. The molecule has 1 aromatic heterocycles. The average Bonchev–Trinajstić information content (AvgIpc) is 3.18. The second-order valence-corrected chi connectivity index (χ2v) is 6.36. The quantitative estimate of drug-likeness (QED) is 0.916. The van der Waals surface area contributed by atoms with Crippen molar-refractivity contribution in [3.8, 4) is 11.5 Å². The highest BCUT2D eigenvalue weighted by atomic mass is 16.4. The van der Waals surface area contributed by atoms with Crippen LogP contribution in [0.3, 0.4) is 0 Å². The number of likely N-dealkylation sites (tertiary alicyclic amines) is 1. The van der Waals surface area contributed by atoms with Crippen LogP contribution in [0.2, 0.25) is 0 Å². The minimum Gasteiger partial charge on any atom is -0.431 e. The summed E-state index contributed by atoms with van der Waals surface area (Å²) in [5.74, 6) is 0.504. The van der Waals surface area contributed by atoms with Gasteiger partial charge in [0.1, 0.15) is 0 Å². The van der Waals surface area contributed by atoms with Crippen molar-refractivity contribution in [2.45, 2.75) is 25.8 Å². The first-order valence-electron chi connectivity index (χ1n) is 8.26. The second-order valence-electron chi connectivity index (χ2n) is 6.36. The summed E-state index contributed by atoms with van der Waals surface area (Å²) in [7, 11) is 0. The van der Waals surface area contributed by atoms with E-state index in [2.05, 4.69) is 10.3 Å². The molecule has 2 aliphatic heterocycles. The first-order chi connectivity index (χ1) is 11.6. The first-order valence-corrected chi connectivity index (χ1v) is 8.26. The fourth-order valence-corrected chi connectivity index (χ4v) is 3.63. The number of carbonyl (C=O) groups excluding carboxylic acids is 2. The molecule has 2 unspecified atom stereocenters. The summed E-state index contributed by atoms with van der Waals surface area (Å²) in [6.45, 7) is 2.95. The highest BCUT2D eigenvalue weighted by Gasteiger charge is 2.43. The maximum atomic E-state index is 13.0. The highest BCUT2D eigenvalue weighted by Crippen LogP contribution is 2.30. The van der Waals surface area contributed by atoms with Gasteiger partial charge in [0, 0.05) is 18.7 Å². The number of piperidine rings is 1. The molecular formula is C18H19N3O3. The molecule has 4 rings (SSSR count). The lowest BCUT2D eigenvalue weighted by molar-refractivity contribution is -0.123. The Labute approximate surface area is 139 Å². The van der Waals surface area contributed by atoms with Crippen LogP contribution in [-0.2, 0) is 4.79 Å². The number of nitrogens with zero attached hydrogens (tertiary/aromatic N) is 2. The van der Waals surface area contributed by atoms with Gasteiger partial charge in [-0.3, -0.25) is 9.59 Å². The Kier molecular flexibility index (Phi) is 3.59. The fourth-order valence-electron chi connectivity index (χ4n) is 3.63. The molecule has 24 heavy (non-hydrogen) atoms. The number of fused-ring (bicyclic) bond motifs is 1. The summed E-state index contributed by atoms with van der Waals surface area (Å²) < 4.78 is 5.78. The lowest BCUT2D eigenvalue weighted by atomic mass is 9.91. The normalized spacial score (nSPS) is 23.0. The number of rotatable bonds is 2. The maximum absolute atomic E-state index is 13.0. The van der Waals surface area contributed by atoms with Crippen LogP contribution in [0, 0.1) is 12.8 Å².